The average Bonchev–Trinajstić information content (AvgIpc) is 2.61. The third-order valence-electron chi connectivity index (χ3n) is 4.40. The molecule has 1 aromatic rings. The Labute approximate surface area is 170 Å². The monoisotopic (exact) mass is 390 g/mol. The number of nitrogens with zero attached hydrogens (tertiary/aromatic N) is 2. The van der Waals surface area contributed by atoms with Gasteiger partial charge in [0, 0.05) is 45.3 Å². The smallest absolute Gasteiger partial charge is 0.191 e. The van der Waals surface area contributed by atoms with Crippen LogP contribution in [0.1, 0.15) is 40.2 Å². The number of aliphatic imine (C=N–C) groups is 1. The van der Waals surface area contributed by atoms with E-state index in [2.05, 4.69) is 61.2 Å². The summed E-state index contributed by atoms with van der Waals surface area (Å²) in [7, 11) is 1.79. The average molecular weight is 391 g/mol. The highest BCUT2D eigenvalue weighted by Crippen LogP contribution is 2.22. The summed E-state index contributed by atoms with van der Waals surface area (Å²) >= 11 is 0. The summed E-state index contributed by atoms with van der Waals surface area (Å²) in [5, 5.41) is 6.78. The van der Waals surface area contributed by atoms with Crippen molar-refractivity contribution in [3.63, 3.8) is 0 Å². The van der Waals surface area contributed by atoms with Crippen molar-refractivity contribution in [2.45, 2.75) is 52.9 Å². The van der Waals surface area contributed by atoms with Crippen molar-refractivity contribution in [3.8, 4) is 5.75 Å². The lowest BCUT2D eigenvalue weighted by atomic mass is 10.1. The van der Waals surface area contributed by atoms with Crippen molar-refractivity contribution in [2.24, 2.45) is 10.9 Å². The van der Waals surface area contributed by atoms with Gasteiger partial charge in [-0.2, -0.15) is 0 Å². The van der Waals surface area contributed by atoms with Gasteiger partial charge >= 0.3 is 0 Å². The van der Waals surface area contributed by atoms with E-state index in [0.29, 0.717) is 12.5 Å². The quantitative estimate of drug-likeness (QED) is 0.554. The number of ether oxygens (including phenoxy) is 2. The second-order valence-corrected chi connectivity index (χ2v) is 8.78. The first-order chi connectivity index (χ1) is 13.3. The van der Waals surface area contributed by atoms with Gasteiger partial charge in [0.25, 0.3) is 0 Å². The van der Waals surface area contributed by atoms with Crippen molar-refractivity contribution in [3.05, 3.63) is 29.8 Å². The van der Waals surface area contributed by atoms with Gasteiger partial charge in [-0.1, -0.05) is 32.0 Å². The Morgan fingerprint density at radius 3 is 2.71 bits per heavy atom. The van der Waals surface area contributed by atoms with E-state index in [9.17, 15) is 0 Å². The summed E-state index contributed by atoms with van der Waals surface area (Å²) in [4.78, 5) is 6.83. The van der Waals surface area contributed by atoms with Crippen molar-refractivity contribution < 1.29 is 9.47 Å². The molecule has 0 aliphatic carbocycles. The van der Waals surface area contributed by atoms with Gasteiger partial charge in [0.05, 0.1) is 12.7 Å². The number of para-hydroxylation sites is 1. The van der Waals surface area contributed by atoms with E-state index in [1.807, 2.05) is 18.2 Å². The summed E-state index contributed by atoms with van der Waals surface area (Å²) in [6, 6.07) is 8.12. The number of rotatable bonds is 7. The Balaban J connectivity index is 1.84. The second kappa shape index (κ2) is 10.7. The van der Waals surface area contributed by atoms with E-state index >= 15 is 0 Å². The first kappa shape index (κ1) is 22.5. The van der Waals surface area contributed by atoms with Crippen LogP contribution in [0.5, 0.6) is 5.75 Å². The van der Waals surface area contributed by atoms with Crippen LogP contribution in [0.3, 0.4) is 0 Å². The van der Waals surface area contributed by atoms with E-state index in [4.69, 9.17) is 9.47 Å². The topological polar surface area (TPSA) is 58.1 Å². The van der Waals surface area contributed by atoms with Gasteiger partial charge in [0.1, 0.15) is 11.4 Å². The number of hydrogen-bond acceptors (Lipinski definition) is 4. The lowest BCUT2D eigenvalue weighted by Crippen LogP contribution is -2.50. The van der Waals surface area contributed by atoms with Crippen LogP contribution in [0.25, 0.3) is 0 Å². The van der Waals surface area contributed by atoms with Crippen LogP contribution in [0.4, 0.5) is 0 Å². The van der Waals surface area contributed by atoms with E-state index in [0.717, 1.165) is 50.1 Å². The molecular formula is C22H38N4O2. The molecule has 1 unspecified atom stereocenters. The highest BCUT2D eigenvalue weighted by molar-refractivity contribution is 5.79. The molecule has 0 amide bonds. The first-order valence-electron chi connectivity index (χ1n) is 10.3. The Kier molecular flexibility index (Phi) is 8.58. The Hall–Kier alpha value is -1.79. The van der Waals surface area contributed by atoms with E-state index in [-0.39, 0.29) is 11.7 Å². The summed E-state index contributed by atoms with van der Waals surface area (Å²) < 4.78 is 12.0. The minimum Gasteiger partial charge on any atom is -0.488 e. The molecule has 1 heterocycles. The normalized spacial score (nSPS) is 19.0. The van der Waals surface area contributed by atoms with Gasteiger partial charge in [0.2, 0.25) is 0 Å². The molecule has 1 aromatic carbocycles. The molecule has 6 heteroatoms. The Morgan fingerprint density at radius 2 is 2.04 bits per heavy atom. The van der Waals surface area contributed by atoms with E-state index in [1.54, 1.807) is 7.05 Å². The standard InChI is InChI=1S/C22H38N4O2/c1-17(2)15-26-11-12-27-19(16-26)14-25-21(23-6)24-13-18-9-7-8-10-20(18)28-22(3,4)5/h7-10,17,19H,11-16H2,1-6H3,(H2,23,24,25). The third-order valence-corrected chi connectivity index (χ3v) is 4.40. The molecule has 1 aliphatic rings. The molecule has 0 radical (unpaired) electrons. The van der Waals surface area contributed by atoms with Gasteiger partial charge in [-0.05, 0) is 32.8 Å². The predicted molar refractivity (Wildman–Crippen MR) is 116 cm³/mol. The van der Waals surface area contributed by atoms with Crippen LogP contribution in [0.2, 0.25) is 0 Å². The van der Waals surface area contributed by atoms with Gasteiger partial charge in [-0.15, -0.1) is 0 Å². The van der Waals surface area contributed by atoms with Crippen LogP contribution in [-0.2, 0) is 11.3 Å². The molecule has 1 atom stereocenters. The fraction of sp³-hybridized carbons (Fsp3) is 0.682. The highest BCUT2D eigenvalue weighted by atomic mass is 16.5. The maximum absolute atomic E-state index is 6.07. The Morgan fingerprint density at radius 1 is 1.29 bits per heavy atom. The highest BCUT2D eigenvalue weighted by Gasteiger charge is 2.21. The van der Waals surface area contributed by atoms with E-state index < -0.39 is 0 Å². The molecule has 6 nitrogen and oxygen atoms in total. The molecule has 0 bridgehead atoms. The lowest BCUT2D eigenvalue weighted by molar-refractivity contribution is -0.0284. The third kappa shape index (κ3) is 8.07. The SMILES string of the molecule is CN=C(NCc1ccccc1OC(C)(C)C)NCC1CN(CC(C)C)CCO1. The zero-order valence-corrected chi connectivity index (χ0v) is 18.4. The number of hydrogen-bond donors (Lipinski definition) is 2. The zero-order chi connectivity index (χ0) is 20.6. The van der Waals surface area contributed by atoms with Gasteiger partial charge in [-0.3, -0.25) is 9.89 Å². The molecule has 1 aliphatic heterocycles. The molecule has 0 saturated carbocycles. The van der Waals surface area contributed by atoms with Crippen molar-refractivity contribution in [1.82, 2.24) is 15.5 Å². The van der Waals surface area contributed by atoms with Gasteiger partial charge < -0.3 is 20.1 Å². The summed E-state index contributed by atoms with van der Waals surface area (Å²) in [5.41, 5.74) is 0.883. The molecule has 2 N–H and O–H groups in total. The molecule has 28 heavy (non-hydrogen) atoms. The molecule has 0 spiro atoms. The van der Waals surface area contributed by atoms with E-state index in [1.165, 1.54) is 0 Å². The van der Waals surface area contributed by atoms with Gasteiger partial charge in [0.15, 0.2) is 5.96 Å². The van der Waals surface area contributed by atoms with Crippen LogP contribution < -0.4 is 15.4 Å². The molecule has 1 fully saturated rings. The number of benzene rings is 1. The number of nitrogens with one attached hydrogen (secondary N) is 2. The van der Waals surface area contributed by atoms with Crippen molar-refractivity contribution in [2.75, 3.05) is 39.8 Å². The molecule has 2 rings (SSSR count). The van der Waals surface area contributed by atoms with Crippen LogP contribution in [-0.4, -0.2) is 62.4 Å². The van der Waals surface area contributed by atoms with Crippen molar-refractivity contribution >= 4 is 5.96 Å². The summed E-state index contributed by atoms with van der Waals surface area (Å²) in [6.45, 7) is 16.0. The minimum absolute atomic E-state index is 0.183. The predicted octanol–water partition coefficient (Wildman–Crippen LogP) is 2.89. The number of morpholine rings is 1. The van der Waals surface area contributed by atoms with Crippen LogP contribution >= 0.6 is 0 Å². The van der Waals surface area contributed by atoms with Crippen LogP contribution in [0.15, 0.2) is 29.3 Å². The molecule has 158 valence electrons. The van der Waals surface area contributed by atoms with Crippen molar-refractivity contribution in [1.29, 1.82) is 0 Å². The van der Waals surface area contributed by atoms with Crippen LogP contribution in [0, 0.1) is 5.92 Å². The zero-order valence-electron chi connectivity index (χ0n) is 18.4. The summed E-state index contributed by atoms with van der Waals surface area (Å²) in [5.74, 6) is 2.35. The van der Waals surface area contributed by atoms with Gasteiger partial charge in [-0.25, -0.2) is 0 Å². The largest absolute Gasteiger partial charge is 0.488 e. The lowest BCUT2D eigenvalue weighted by Gasteiger charge is -2.34. The summed E-state index contributed by atoms with van der Waals surface area (Å²) in [6.07, 6.45) is 0.183. The number of guanidine groups is 1. The fourth-order valence-corrected chi connectivity index (χ4v) is 3.28. The molecule has 0 aromatic heterocycles. The molecular weight excluding hydrogens is 352 g/mol. The fourth-order valence-electron chi connectivity index (χ4n) is 3.28. The maximum Gasteiger partial charge on any atom is 0.191 e. The first-order valence-corrected chi connectivity index (χ1v) is 10.3. The second-order valence-electron chi connectivity index (χ2n) is 8.78. The Bertz CT molecular complexity index is 625. The molecule has 1 saturated heterocycles. The minimum atomic E-state index is -0.226. The maximum atomic E-state index is 6.07.